The van der Waals surface area contributed by atoms with Crippen molar-refractivity contribution in [3.63, 3.8) is 0 Å². The zero-order chi connectivity index (χ0) is 14.0. The van der Waals surface area contributed by atoms with E-state index >= 15 is 0 Å². The third kappa shape index (κ3) is 2.74. The molecule has 0 spiro atoms. The first-order valence-corrected chi connectivity index (χ1v) is 5.77. The molecule has 1 fully saturated rings. The lowest BCUT2D eigenvalue weighted by Gasteiger charge is -2.16. The Bertz CT molecular complexity index is 470. The molecule has 1 aliphatic heterocycles. The van der Waals surface area contributed by atoms with Gasteiger partial charge in [0.2, 0.25) is 0 Å². The number of pyridine rings is 1. The molecule has 8 nitrogen and oxygen atoms in total. The van der Waals surface area contributed by atoms with Crippen LogP contribution >= 0.6 is 0 Å². The topological polar surface area (TPSA) is 104 Å². The summed E-state index contributed by atoms with van der Waals surface area (Å²) in [6, 6.07) is 2.64. The second kappa shape index (κ2) is 5.37. The van der Waals surface area contributed by atoms with Crippen LogP contribution in [0.1, 0.15) is 0 Å². The van der Waals surface area contributed by atoms with Gasteiger partial charge in [0.05, 0.1) is 17.1 Å². The molecule has 2 N–H and O–H groups in total. The molecule has 0 radical (unpaired) electrons. The molecule has 2 heterocycles. The standard InChI is InChI=1S/C11H16N4O4/c1-18-8-5-14(6-9(8)19-2)11-4-7(15(16)17)3-10(12)13-11/h3-4,8-9H,5-6H2,1-2H3,(H2,12,13). The Hall–Kier alpha value is -1.93. The molecular formula is C11H16N4O4. The highest BCUT2D eigenvalue weighted by Gasteiger charge is 2.34. The summed E-state index contributed by atoms with van der Waals surface area (Å²) in [6.07, 6.45) is -0.181. The highest BCUT2D eigenvalue weighted by molar-refractivity contribution is 5.55. The van der Waals surface area contributed by atoms with E-state index in [1.54, 1.807) is 14.2 Å². The molecule has 0 amide bonds. The van der Waals surface area contributed by atoms with Crippen LogP contribution in [0.3, 0.4) is 0 Å². The molecule has 104 valence electrons. The van der Waals surface area contributed by atoms with Crippen LogP contribution in [-0.2, 0) is 9.47 Å². The lowest BCUT2D eigenvalue weighted by atomic mass is 10.3. The van der Waals surface area contributed by atoms with Gasteiger partial charge >= 0.3 is 0 Å². The minimum absolute atomic E-state index is 0.0719. The molecule has 2 atom stereocenters. The Morgan fingerprint density at radius 3 is 2.42 bits per heavy atom. The molecule has 8 heteroatoms. The molecule has 0 aromatic carbocycles. The summed E-state index contributed by atoms with van der Waals surface area (Å²) in [5, 5.41) is 10.8. The van der Waals surface area contributed by atoms with Crippen molar-refractivity contribution in [3.05, 3.63) is 22.2 Å². The Balaban J connectivity index is 2.25. The van der Waals surface area contributed by atoms with Gasteiger partial charge < -0.3 is 20.1 Å². The number of hydrogen-bond donors (Lipinski definition) is 1. The molecule has 0 aliphatic carbocycles. The maximum atomic E-state index is 10.8. The molecule has 1 aliphatic rings. The van der Waals surface area contributed by atoms with Crippen LogP contribution in [0.15, 0.2) is 12.1 Å². The molecule has 1 aromatic heterocycles. The van der Waals surface area contributed by atoms with E-state index in [0.29, 0.717) is 18.9 Å². The highest BCUT2D eigenvalue weighted by Crippen LogP contribution is 2.26. The molecule has 1 saturated heterocycles. The van der Waals surface area contributed by atoms with E-state index in [-0.39, 0.29) is 23.7 Å². The minimum Gasteiger partial charge on any atom is -0.383 e. The van der Waals surface area contributed by atoms with Gasteiger partial charge in [-0.15, -0.1) is 0 Å². The first kappa shape index (κ1) is 13.5. The maximum Gasteiger partial charge on any atom is 0.276 e. The fourth-order valence-electron chi connectivity index (χ4n) is 2.17. The molecule has 2 unspecified atom stereocenters. The van der Waals surface area contributed by atoms with Crippen LogP contribution < -0.4 is 10.6 Å². The van der Waals surface area contributed by atoms with Crippen molar-refractivity contribution in [2.24, 2.45) is 0 Å². The minimum atomic E-state index is -0.487. The molecule has 0 saturated carbocycles. The van der Waals surface area contributed by atoms with Gasteiger partial charge in [-0.1, -0.05) is 0 Å². The normalized spacial score (nSPS) is 22.7. The quantitative estimate of drug-likeness (QED) is 0.623. The van der Waals surface area contributed by atoms with Gasteiger partial charge in [0.15, 0.2) is 0 Å². The van der Waals surface area contributed by atoms with Crippen molar-refractivity contribution in [1.29, 1.82) is 0 Å². The van der Waals surface area contributed by atoms with E-state index in [1.165, 1.54) is 12.1 Å². The number of ether oxygens (including phenoxy) is 2. The number of nitrogen functional groups attached to an aromatic ring is 1. The number of methoxy groups -OCH3 is 2. The van der Waals surface area contributed by atoms with E-state index in [1.807, 2.05) is 4.90 Å². The summed E-state index contributed by atoms with van der Waals surface area (Å²) in [6.45, 7) is 1.12. The maximum absolute atomic E-state index is 10.8. The van der Waals surface area contributed by atoms with E-state index < -0.39 is 4.92 Å². The zero-order valence-electron chi connectivity index (χ0n) is 10.8. The third-order valence-electron chi connectivity index (χ3n) is 3.17. The Labute approximate surface area is 110 Å². The summed E-state index contributed by atoms with van der Waals surface area (Å²) in [5.41, 5.74) is 5.52. The SMILES string of the molecule is COC1CN(c2cc([N+](=O)[O-])cc(N)n2)CC1OC. The zero-order valence-corrected chi connectivity index (χ0v) is 10.8. The number of nitrogens with two attached hydrogens (primary N) is 1. The smallest absolute Gasteiger partial charge is 0.276 e. The van der Waals surface area contributed by atoms with Gasteiger partial charge in [-0.25, -0.2) is 4.98 Å². The first-order valence-electron chi connectivity index (χ1n) is 5.77. The van der Waals surface area contributed by atoms with Gasteiger partial charge in [-0.2, -0.15) is 0 Å². The van der Waals surface area contributed by atoms with Crippen LogP contribution in [0, 0.1) is 10.1 Å². The van der Waals surface area contributed by atoms with E-state index in [4.69, 9.17) is 15.2 Å². The number of anilines is 2. The van der Waals surface area contributed by atoms with Crippen molar-refractivity contribution in [2.45, 2.75) is 12.2 Å². The fourth-order valence-corrected chi connectivity index (χ4v) is 2.17. The van der Waals surface area contributed by atoms with Gasteiger partial charge in [0, 0.05) is 27.3 Å². The largest absolute Gasteiger partial charge is 0.383 e. The van der Waals surface area contributed by atoms with E-state index in [0.717, 1.165) is 0 Å². The van der Waals surface area contributed by atoms with Crippen LogP contribution in [0.25, 0.3) is 0 Å². The lowest BCUT2D eigenvalue weighted by molar-refractivity contribution is -0.384. The molecule has 2 rings (SSSR count). The van der Waals surface area contributed by atoms with Gasteiger partial charge in [-0.3, -0.25) is 10.1 Å². The van der Waals surface area contributed by atoms with E-state index in [2.05, 4.69) is 4.98 Å². The molecule has 19 heavy (non-hydrogen) atoms. The number of nitrogens with zero attached hydrogens (tertiary/aromatic N) is 3. The Kier molecular flexibility index (Phi) is 3.82. The summed E-state index contributed by atoms with van der Waals surface area (Å²) >= 11 is 0. The number of aromatic nitrogens is 1. The van der Waals surface area contributed by atoms with Crippen molar-refractivity contribution in [3.8, 4) is 0 Å². The van der Waals surface area contributed by atoms with Crippen LogP contribution in [0.2, 0.25) is 0 Å². The fraction of sp³-hybridized carbons (Fsp3) is 0.545. The number of nitro groups is 1. The van der Waals surface area contributed by atoms with Crippen molar-refractivity contribution in [2.75, 3.05) is 37.9 Å². The Morgan fingerprint density at radius 1 is 1.37 bits per heavy atom. The van der Waals surface area contributed by atoms with E-state index in [9.17, 15) is 10.1 Å². The molecule has 0 bridgehead atoms. The van der Waals surface area contributed by atoms with Gasteiger partial charge in [-0.05, 0) is 0 Å². The number of rotatable bonds is 4. The van der Waals surface area contributed by atoms with Crippen molar-refractivity contribution >= 4 is 17.3 Å². The van der Waals surface area contributed by atoms with Gasteiger partial charge in [0.1, 0.15) is 23.8 Å². The molecule has 1 aromatic rings. The summed E-state index contributed by atoms with van der Waals surface area (Å²) < 4.78 is 10.6. The average molecular weight is 268 g/mol. The van der Waals surface area contributed by atoms with Crippen LogP contribution in [-0.4, -0.2) is 49.4 Å². The average Bonchev–Trinajstić information content (AvgIpc) is 2.81. The summed E-state index contributed by atoms with van der Waals surface area (Å²) in [7, 11) is 3.21. The lowest BCUT2D eigenvalue weighted by Crippen LogP contribution is -2.27. The van der Waals surface area contributed by atoms with Crippen LogP contribution in [0.5, 0.6) is 0 Å². The summed E-state index contributed by atoms with van der Waals surface area (Å²) in [5.74, 6) is 0.590. The number of hydrogen-bond acceptors (Lipinski definition) is 7. The van der Waals surface area contributed by atoms with Crippen molar-refractivity contribution < 1.29 is 14.4 Å². The summed E-state index contributed by atoms with van der Waals surface area (Å²) in [4.78, 5) is 16.3. The van der Waals surface area contributed by atoms with Crippen LogP contribution in [0.4, 0.5) is 17.3 Å². The molecular weight excluding hydrogens is 252 g/mol. The second-order valence-corrected chi connectivity index (χ2v) is 4.32. The van der Waals surface area contributed by atoms with Gasteiger partial charge in [0.25, 0.3) is 5.69 Å². The highest BCUT2D eigenvalue weighted by atomic mass is 16.6. The third-order valence-corrected chi connectivity index (χ3v) is 3.17. The second-order valence-electron chi connectivity index (χ2n) is 4.32. The van der Waals surface area contributed by atoms with Crippen molar-refractivity contribution in [1.82, 2.24) is 4.98 Å². The monoisotopic (exact) mass is 268 g/mol. The predicted octanol–water partition coefficient (Wildman–Crippen LogP) is 0.422. The predicted molar refractivity (Wildman–Crippen MR) is 69.1 cm³/mol. The first-order chi connectivity index (χ1) is 9.05. The Morgan fingerprint density at radius 2 is 1.95 bits per heavy atom.